The Morgan fingerprint density at radius 1 is 1.52 bits per heavy atom. The molecule has 0 bridgehead atoms. The van der Waals surface area contributed by atoms with Gasteiger partial charge in [-0.15, -0.1) is 0 Å². The Morgan fingerprint density at radius 2 is 2.29 bits per heavy atom. The molecule has 1 aromatic carbocycles. The molecule has 1 atom stereocenters. The summed E-state index contributed by atoms with van der Waals surface area (Å²) in [6.45, 7) is 6.00. The fourth-order valence-corrected chi connectivity index (χ4v) is 3.08. The third kappa shape index (κ3) is 4.02. The van der Waals surface area contributed by atoms with Gasteiger partial charge in [0.2, 0.25) is 0 Å². The number of hydrogen-bond acceptors (Lipinski definition) is 3. The molecule has 1 aliphatic heterocycles. The summed E-state index contributed by atoms with van der Waals surface area (Å²) in [5.41, 5.74) is 6.47. The fourth-order valence-electron chi connectivity index (χ4n) is 3.08. The average Bonchev–Trinajstić information content (AvgIpc) is 2.87. The lowest BCUT2D eigenvalue weighted by molar-refractivity contribution is 0.193. The largest absolute Gasteiger partial charge is 0.384 e. The molecular formula is C16H25FN4. The molecule has 3 N–H and O–H groups in total. The van der Waals surface area contributed by atoms with Gasteiger partial charge in [0.05, 0.1) is 0 Å². The van der Waals surface area contributed by atoms with E-state index in [0.717, 1.165) is 13.1 Å². The Hall–Kier alpha value is -1.46. The molecule has 4 nitrogen and oxygen atoms in total. The number of rotatable bonds is 6. The molecule has 0 amide bonds. The Balaban J connectivity index is 1.96. The summed E-state index contributed by atoms with van der Waals surface area (Å²) in [6.07, 6.45) is 2.48. The molecule has 1 unspecified atom stereocenters. The molecule has 0 saturated carbocycles. The monoisotopic (exact) mass is 292 g/mol. The van der Waals surface area contributed by atoms with Crippen molar-refractivity contribution in [1.29, 1.82) is 5.41 Å². The lowest BCUT2D eigenvalue weighted by Gasteiger charge is -2.27. The third-order valence-corrected chi connectivity index (χ3v) is 4.23. The van der Waals surface area contributed by atoms with E-state index in [9.17, 15) is 4.39 Å². The zero-order chi connectivity index (χ0) is 15.4. The first-order valence-electron chi connectivity index (χ1n) is 7.56. The number of hydrogen-bond donors (Lipinski definition) is 2. The van der Waals surface area contributed by atoms with Crippen molar-refractivity contribution in [3.8, 4) is 0 Å². The van der Waals surface area contributed by atoms with Gasteiger partial charge in [-0.2, -0.15) is 0 Å². The van der Waals surface area contributed by atoms with Gasteiger partial charge in [-0.25, -0.2) is 4.39 Å². The molecule has 1 heterocycles. The number of halogens is 1. The van der Waals surface area contributed by atoms with Crippen molar-refractivity contribution in [2.24, 2.45) is 5.73 Å². The summed E-state index contributed by atoms with van der Waals surface area (Å²) in [7, 11) is 2.03. The van der Waals surface area contributed by atoms with E-state index in [1.54, 1.807) is 12.1 Å². The second kappa shape index (κ2) is 7.00. The molecule has 1 saturated heterocycles. The molecule has 0 aliphatic carbocycles. The van der Waals surface area contributed by atoms with Crippen molar-refractivity contribution < 1.29 is 4.39 Å². The van der Waals surface area contributed by atoms with Crippen LogP contribution in [0.5, 0.6) is 0 Å². The summed E-state index contributed by atoms with van der Waals surface area (Å²) in [5.74, 6) is -0.383. The lowest BCUT2D eigenvalue weighted by atomic mass is 10.1. The number of nitrogen functional groups attached to an aromatic ring is 1. The quantitative estimate of drug-likeness (QED) is 0.623. The topological polar surface area (TPSA) is 56.4 Å². The van der Waals surface area contributed by atoms with Crippen molar-refractivity contribution in [1.82, 2.24) is 9.80 Å². The van der Waals surface area contributed by atoms with Gasteiger partial charge >= 0.3 is 0 Å². The number of nitrogens with zero attached hydrogens (tertiary/aromatic N) is 2. The highest BCUT2D eigenvalue weighted by atomic mass is 19.1. The van der Waals surface area contributed by atoms with Crippen LogP contribution >= 0.6 is 0 Å². The second-order valence-corrected chi connectivity index (χ2v) is 5.84. The second-order valence-electron chi connectivity index (χ2n) is 5.84. The summed E-state index contributed by atoms with van der Waals surface area (Å²) < 4.78 is 14.0. The van der Waals surface area contributed by atoms with Gasteiger partial charge in [0.15, 0.2) is 0 Å². The standard InChI is InChI=1S/C16H25FN4/c1-3-21-8-4-5-14(21)11-20(2)10-13-7-6-12(16(18)19)9-15(13)17/h6-7,9,14H,3-5,8,10-11H2,1-2H3,(H3,18,19). The zero-order valence-electron chi connectivity index (χ0n) is 12.9. The number of amidine groups is 1. The molecule has 0 spiro atoms. The van der Waals surface area contributed by atoms with Gasteiger partial charge in [0.1, 0.15) is 11.7 Å². The number of nitrogens with one attached hydrogen (secondary N) is 1. The average molecular weight is 292 g/mol. The van der Waals surface area contributed by atoms with Crippen LogP contribution < -0.4 is 5.73 Å². The first-order valence-corrected chi connectivity index (χ1v) is 7.56. The van der Waals surface area contributed by atoms with Crippen LogP contribution in [-0.2, 0) is 6.54 Å². The van der Waals surface area contributed by atoms with E-state index in [4.69, 9.17) is 11.1 Å². The summed E-state index contributed by atoms with van der Waals surface area (Å²) in [4.78, 5) is 4.66. The van der Waals surface area contributed by atoms with Gasteiger partial charge in [-0.1, -0.05) is 19.1 Å². The van der Waals surface area contributed by atoms with Crippen LogP contribution in [0.1, 0.15) is 30.9 Å². The number of nitrogens with two attached hydrogens (primary N) is 1. The van der Waals surface area contributed by atoms with Crippen LogP contribution in [0.25, 0.3) is 0 Å². The highest BCUT2D eigenvalue weighted by molar-refractivity contribution is 5.94. The maximum Gasteiger partial charge on any atom is 0.128 e. The van der Waals surface area contributed by atoms with Crippen molar-refractivity contribution in [3.05, 3.63) is 35.1 Å². The normalized spacial score (nSPS) is 19.3. The molecule has 1 fully saturated rings. The van der Waals surface area contributed by atoms with Crippen molar-refractivity contribution in [3.63, 3.8) is 0 Å². The van der Waals surface area contributed by atoms with Gasteiger partial charge < -0.3 is 10.6 Å². The summed E-state index contributed by atoms with van der Waals surface area (Å²) in [6, 6.07) is 5.37. The van der Waals surface area contributed by atoms with E-state index in [1.165, 1.54) is 25.5 Å². The molecule has 1 aromatic rings. The maximum atomic E-state index is 14.0. The third-order valence-electron chi connectivity index (χ3n) is 4.23. The van der Waals surface area contributed by atoms with E-state index in [-0.39, 0.29) is 11.7 Å². The minimum absolute atomic E-state index is 0.0988. The van der Waals surface area contributed by atoms with Crippen LogP contribution in [0.15, 0.2) is 18.2 Å². The molecule has 0 aromatic heterocycles. The van der Waals surface area contributed by atoms with Crippen LogP contribution in [0, 0.1) is 11.2 Å². The SMILES string of the molecule is CCN1CCCC1CN(C)Cc1ccc(C(=N)N)cc1F. The fraction of sp³-hybridized carbons (Fsp3) is 0.562. The van der Waals surface area contributed by atoms with Crippen LogP contribution in [0.2, 0.25) is 0 Å². The van der Waals surface area contributed by atoms with E-state index in [0.29, 0.717) is 23.7 Å². The van der Waals surface area contributed by atoms with Crippen molar-refractivity contribution in [2.45, 2.75) is 32.4 Å². The predicted molar refractivity (Wildman–Crippen MR) is 84.0 cm³/mol. The molecule has 5 heteroatoms. The molecule has 21 heavy (non-hydrogen) atoms. The Bertz CT molecular complexity index is 503. The van der Waals surface area contributed by atoms with Gasteiger partial charge in [0.25, 0.3) is 0 Å². The molecule has 2 rings (SSSR count). The molecule has 1 aliphatic rings. The smallest absolute Gasteiger partial charge is 0.128 e. The zero-order valence-corrected chi connectivity index (χ0v) is 12.9. The highest BCUT2D eigenvalue weighted by Crippen LogP contribution is 2.19. The van der Waals surface area contributed by atoms with Crippen molar-refractivity contribution >= 4 is 5.84 Å². The Kier molecular flexibility index (Phi) is 5.31. The van der Waals surface area contributed by atoms with Gasteiger partial charge in [-0.3, -0.25) is 10.3 Å². The molecule has 0 radical (unpaired) electrons. The molecule has 116 valence electrons. The van der Waals surface area contributed by atoms with Crippen LogP contribution in [0.3, 0.4) is 0 Å². The van der Waals surface area contributed by atoms with E-state index in [2.05, 4.69) is 16.7 Å². The summed E-state index contributed by atoms with van der Waals surface area (Å²) in [5, 5.41) is 7.33. The predicted octanol–water partition coefficient (Wildman–Crippen LogP) is 2.03. The molecular weight excluding hydrogens is 267 g/mol. The summed E-state index contributed by atoms with van der Waals surface area (Å²) >= 11 is 0. The number of likely N-dealkylation sites (N-methyl/N-ethyl adjacent to an activating group) is 2. The van der Waals surface area contributed by atoms with E-state index < -0.39 is 0 Å². The maximum absolute atomic E-state index is 14.0. The van der Waals surface area contributed by atoms with Gasteiger partial charge in [-0.05, 0) is 39.0 Å². The van der Waals surface area contributed by atoms with Crippen LogP contribution in [-0.4, -0.2) is 48.4 Å². The van der Waals surface area contributed by atoms with Gasteiger partial charge in [0, 0.05) is 30.3 Å². The van der Waals surface area contributed by atoms with Crippen LogP contribution in [0.4, 0.5) is 4.39 Å². The number of likely N-dealkylation sites (tertiary alicyclic amines) is 1. The Labute approximate surface area is 126 Å². The van der Waals surface area contributed by atoms with E-state index in [1.807, 2.05) is 7.05 Å². The first kappa shape index (κ1) is 15.9. The highest BCUT2D eigenvalue weighted by Gasteiger charge is 2.24. The first-order chi connectivity index (χ1) is 10.0. The lowest BCUT2D eigenvalue weighted by Crippen LogP contribution is -2.38. The minimum atomic E-state index is -0.284. The van der Waals surface area contributed by atoms with Crippen molar-refractivity contribution in [2.75, 3.05) is 26.7 Å². The minimum Gasteiger partial charge on any atom is -0.384 e. The van der Waals surface area contributed by atoms with E-state index >= 15 is 0 Å². The Morgan fingerprint density at radius 3 is 2.90 bits per heavy atom. The number of benzene rings is 1.